The Labute approximate surface area is 166 Å². The first-order valence-electron chi connectivity index (χ1n) is 9.70. The van der Waals surface area contributed by atoms with Crippen LogP contribution in [0.1, 0.15) is 52.8 Å². The molecule has 1 amide bonds. The van der Waals surface area contributed by atoms with Crippen LogP contribution in [-0.4, -0.2) is 41.1 Å². The number of hydrogen-bond donors (Lipinski definition) is 2. The van der Waals surface area contributed by atoms with Gasteiger partial charge in [-0.2, -0.15) is 18.3 Å². The van der Waals surface area contributed by atoms with Crippen LogP contribution in [0.25, 0.3) is 0 Å². The van der Waals surface area contributed by atoms with Gasteiger partial charge in [-0.25, -0.2) is 4.68 Å². The standard InChI is InChI=1S/C20H23F3N4O2/c1-12-4-6-13(7-5-12)16-9-17(20(21,22)23)27-18(26-16)15(11-25-27)19(28)24-10-14-3-2-8-29-14/h4-7,11,14,16-17,26H,2-3,8-10H2,1H3,(H,24,28)/t14?,16-,17+/m1/s1. The molecular formula is C20H23F3N4O2. The molecule has 1 aromatic carbocycles. The number of fused-ring (bicyclic) bond motifs is 1. The van der Waals surface area contributed by atoms with E-state index >= 15 is 0 Å². The van der Waals surface area contributed by atoms with Gasteiger partial charge in [-0.05, 0) is 25.3 Å². The third-order valence-electron chi connectivity index (χ3n) is 5.48. The summed E-state index contributed by atoms with van der Waals surface area (Å²) < 4.78 is 47.6. The number of amides is 1. The number of carbonyl (C=O) groups is 1. The number of anilines is 1. The number of carbonyl (C=O) groups excluding carboxylic acids is 1. The highest BCUT2D eigenvalue weighted by molar-refractivity contribution is 5.98. The number of alkyl halides is 3. The molecule has 9 heteroatoms. The van der Waals surface area contributed by atoms with E-state index < -0.39 is 24.2 Å². The predicted octanol–water partition coefficient (Wildman–Crippen LogP) is 3.76. The van der Waals surface area contributed by atoms with E-state index in [9.17, 15) is 18.0 Å². The van der Waals surface area contributed by atoms with Crippen molar-refractivity contribution in [2.45, 2.75) is 50.6 Å². The number of benzene rings is 1. The molecule has 1 unspecified atom stereocenters. The van der Waals surface area contributed by atoms with Crippen molar-refractivity contribution in [1.82, 2.24) is 15.1 Å². The SMILES string of the molecule is Cc1ccc([C@H]2C[C@@H](C(F)(F)F)n3ncc(C(=O)NCC4CCCO4)c3N2)cc1. The maximum atomic E-state index is 13.7. The molecule has 0 radical (unpaired) electrons. The first-order chi connectivity index (χ1) is 13.8. The Morgan fingerprint density at radius 2 is 2.10 bits per heavy atom. The number of hydrogen-bond acceptors (Lipinski definition) is 4. The molecule has 2 aliphatic heterocycles. The smallest absolute Gasteiger partial charge is 0.376 e. The second kappa shape index (κ2) is 7.70. The summed E-state index contributed by atoms with van der Waals surface area (Å²) in [7, 11) is 0. The van der Waals surface area contributed by atoms with Gasteiger partial charge < -0.3 is 15.4 Å². The monoisotopic (exact) mass is 408 g/mol. The van der Waals surface area contributed by atoms with Crippen molar-refractivity contribution in [2.24, 2.45) is 0 Å². The Bertz CT molecular complexity index is 873. The van der Waals surface area contributed by atoms with Crippen LogP contribution in [0.2, 0.25) is 0 Å². The van der Waals surface area contributed by atoms with E-state index in [1.165, 1.54) is 6.20 Å². The topological polar surface area (TPSA) is 68.2 Å². The second-order valence-electron chi connectivity index (χ2n) is 7.60. The first kappa shape index (κ1) is 19.8. The molecule has 0 bridgehead atoms. The summed E-state index contributed by atoms with van der Waals surface area (Å²) in [5, 5.41) is 9.74. The maximum absolute atomic E-state index is 13.7. The fourth-order valence-electron chi connectivity index (χ4n) is 3.85. The molecule has 4 rings (SSSR count). The van der Waals surface area contributed by atoms with Crippen molar-refractivity contribution in [3.8, 4) is 0 Å². The Morgan fingerprint density at radius 1 is 1.34 bits per heavy atom. The van der Waals surface area contributed by atoms with Crippen molar-refractivity contribution in [3.05, 3.63) is 47.2 Å². The summed E-state index contributed by atoms with van der Waals surface area (Å²) >= 11 is 0. The van der Waals surface area contributed by atoms with Crippen LogP contribution < -0.4 is 10.6 Å². The van der Waals surface area contributed by atoms with Crippen molar-refractivity contribution in [1.29, 1.82) is 0 Å². The van der Waals surface area contributed by atoms with E-state index in [1.807, 2.05) is 31.2 Å². The minimum atomic E-state index is -4.47. The van der Waals surface area contributed by atoms with Crippen LogP contribution in [0.5, 0.6) is 0 Å². The zero-order chi connectivity index (χ0) is 20.6. The lowest BCUT2D eigenvalue weighted by molar-refractivity contribution is -0.173. The van der Waals surface area contributed by atoms with Gasteiger partial charge in [-0.3, -0.25) is 4.79 Å². The highest BCUT2D eigenvalue weighted by Gasteiger charge is 2.47. The normalized spacial score (nSPS) is 24.1. The zero-order valence-corrected chi connectivity index (χ0v) is 16.0. The Kier molecular flexibility index (Phi) is 5.24. The molecule has 29 heavy (non-hydrogen) atoms. The molecular weight excluding hydrogens is 385 g/mol. The number of halogens is 3. The molecule has 2 aliphatic rings. The van der Waals surface area contributed by atoms with Crippen molar-refractivity contribution in [2.75, 3.05) is 18.5 Å². The second-order valence-corrected chi connectivity index (χ2v) is 7.60. The molecule has 2 aromatic rings. The summed E-state index contributed by atoms with van der Waals surface area (Å²) in [5.74, 6) is -0.367. The van der Waals surface area contributed by atoms with Crippen LogP contribution in [0.4, 0.5) is 19.0 Å². The largest absolute Gasteiger partial charge is 0.410 e. The van der Waals surface area contributed by atoms with Crippen molar-refractivity contribution in [3.63, 3.8) is 0 Å². The van der Waals surface area contributed by atoms with Gasteiger partial charge in [0, 0.05) is 19.6 Å². The highest BCUT2D eigenvalue weighted by Crippen LogP contribution is 2.44. The number of nitrogens with one attached hydrogen (secondary N) is 2. The van der Waals surface area contributed by atoms with Gasteiger partial charge in [0.15, 0.2) is 6.04 Å². The number of aromatic nitrogens is 2. The summed E-state index contributed by atoms with van der Waals surface area (Å²) in [6, 6.07) is 4.97. The molecule has 2 N–H and O–H groups in total. The average molecular weight is 408 g/mol. The van der Waals surface area contributed by atoms with Crippen LogP contribution in [0.3, 0.4) is 0 Å². The van der Waals surface area contributed by atoms with Gasteiger partial charge >= 0.3 is 6.18 Å². The van der Waals surface area contributed by atoms with E-state index in [1.54, 1.807) is 0 Å². The van der Waals surface area contributed by atoms with E-state index in [0.29, 0.717) is 13.2 Å². The molecule has 1 fully saturated rings. The minimum absolute atomic E-state index is 0.0541. The number of rotatable bonds is 4. The molecule has 3 heterocycles. The van der Waals surface area contributed by atoms with Crippen molar-refractivity contribution >= 4 is 11.7 Å². The van der Waals surface area contributed by atoms with E-state index in [2.05, 4.69) is 15.7 Å². The highest BCUT2D eigenvalue weighted by atomic mass is 19.4. The lowest BCUT2D eigenvalue weighted by Gasteiger charge is -2.34. The number of aryl methyl sites for hydroxylation is 1. The van der Waals surface area contributed by atoms with Gasteiger partial charge in [0.2, 0.25) is 0 Å². The third-order valence-corrected chi connectivity index (χ3v) is 5.48. The van der Waals surface area contributed by atoms with Crippen LogP contribution in [0, 0.1) is 6.92 Å². The maximum Gasteiger partial charge on any atom is 0.410 e. The molecule has 156 valence electrons. The summed E-state index contributed by atoms with van der Waals surface area (Å²) in [5.41, 5.74) is 1.87. The van der Waals surface area contributed by atoms with E-state index in [4.69, 9.17) is 4.74 Å². The molecule has 6 nitrogen and oxygen atoms in total. The Balaban J connectivity index is 1.60. The third kappa shape index (κ3) is 4.10. The van der Waals surface area contributed by atoms with Crippen LogP contribution in [0.15, 0.2) is 30.5 Å². The first-order valence-corrected chi connectivity index (χ1v) is 9.70. The molecule has 3 atom stereocenters. The predicted molar refractivity (Wildman–Crippen MR) is 101 cm³/mol. The Morgan fingerprint density at radius 3 is 2.76 bits per heavy atom. The van der Waals surface area contributed by atoms with Crippen LogP contribution >= 0.6 is 0 Å². The van der Waals surface area contributed by atoms with Gasteiger partial charge in [0.05, 0.1) is 18.3 Å². The lowest BCUT2D eigenvalue weighted by atomic mass is 9.96. The Hall–Kier alpha value is -2.55. The molecule has 1 aromatic heterocycles. The minimum Gasteiger partial charge on any atom is -0.376 e. The van der Waals surface area contributed by atoms with Gasteiger partial charge in [0.25, 0.3) is 5.91 Å². The molecule has 0 saturated carbocycles. The summed E-state index contributed by atoms with van der Waals surface area (Å²) in [6.07, 6.45) is -1.73. The molecule has 0 spiro atoms. The van der Waals surface area contributed by atoms with Gasteiger partial charge in [-0.15, -0.1) is 0 Å². The fraction of sp³-hybridized carbons (Fsp3) is 0.500. The molecule has 1 saturated heterocycles. The average Bonchev–Trinajstić information content (AvgIpc) is 3.35. The summed E-state index contributed by atoms with van der Waals surface area (Å²) in [6.45, 7) is 2.91. The number of nitrogens with zero attached hydrogens (tertiary/aromatic N) is 2. The number of ether oxygens (including phenoxy) is 1. The quantitative estimate of drug-likeness (QED) is 0.808. The van der Waals surface area contributed by atoms with E-state index in [0.717, 1.165) is 28.7 Å². The molecule has 0 aliphatic carbocycles. The van der Waals surface area contributed by atoms with Crippen LogP contribution in [-0.2, 0) is 4.74 Å². The lowest BCUT2D eigenvalue weighted by Crippen LogP contribution is -2.37. The van der Waals surface area contributed by atoms with Gasteiger partial charge in [-0.1, -0.05) is 29.8 Å². The fourth-order valence-corrected chi connectivity index (χ4v) is 3.85. The summed E-state index contributed by atoms with van der Waals surface area (Å²) in [4.78, 5) is 12.6. The van der Waals surface area contributed by atoms with E-state index in [-0.39, 0.29) is 23.9 Å². The zero-order valence-electron chi connectivity index (χ0n) is 16.0. The van der Waals surface area contributed by atoms with Crippen molar-refractivity contribution < 1.29 is 22.7 Å². The van der Waals surface area contributed by atoms with Gasteiger partial charge in [0.1, 0.15) is 11.4 Å².